The van der Waals surface area contributed by atoms with Gasteiger partial charge >= 0.3 is 0 Å². The summed E-state index contributed by atoms with van der Waals surface area (Å²) >= 11 is 2.72. The maximum absolute atomic E-state index is 12.2. The van der Waals surface area contributed by atoms with Gasteiger partial charge in [0.05, 0.1) is 11.8 Å². The van der Waals surface area contributed by atoms with Gasteiger partial charge in [-0.25, -0.2) is 0 Å². The van der Waals surface area contributed by atoms with E-state index in [2.05, 4.69) is 11.1 Å². The van der Waals surface area contributed by atoms with Gasteiger partial charge in [-0.2, -0.15) is 4.99 Å². The maximum atomic E-state index is 12.2. The van der Waals surface area contributed by atoms with Gasteiger partial charge in [0, 0.05) is 11.4 Å². The van der Waals surface area contributed by atoms with Crippen molar-refractivity contribution in [1.29, 1.82) is 5.41 Å². The van der Waals surface area contributed by atoms with E-state index in [4.69, 9.17) is 16.9 Å². The van der Waals surface area contributed by atoms with Crippen LogP contribution in [0.1, 0.15) is 23.8 Å². The first kappa shape index (κ1) is 14.9. The second kappa shape index (κ2) is 6.76. The Morgan fingerprint density at radius 2 is 2.40 bits per heavy atom. The molecule has 0 aromatic carbocycles. The summed E-state index contributed by atoms with van der Waals surface area (Å²) in [4.78, 5) is 19.0. The molecule has 1 saturated heterocycles. The summed E-state index contributed by atoms with van der Waals surface area (Å²) in [5.74, 6) is 0.0614. The summed E-state index contributed by atoms with van der Waals surface area (Å²) < 4.78 is 0. The number of nitrogens with zero attached hydrogens (tertiary/aromatic N) is 2. The fourth-order valence-electron chi connectivity index (χ4n) is 2.20. The number of carbonyl (C=O) groups excluding carboxylic acids is 1. The van der Waals surface area contributed by atoms with E-state index in [1.165, 1.54) is 4.88 Å². The summed E-state index contributed by atoms with van der Waals surface area (Å²) in [6.07, 6.45) is 2.02. The zero-order valence-electron chi connectivity index (χ0n) is 10.9. The molecule has 0 bridgehead atoms. The molecule has 5 N–H and O–H groups in total. The summed E-state index contributed by atoms with van der Waals surface area (Å²) in [7, 11) is 0. The van der Waals surface area contributed by atoms with E-state index < -0.39 is 0 Å². The molecule has 8 heteroatoms. The van der Waals surface area contributed by atoms with Gasteiger partial charge in [0.25, 0.3) is 0 Å². The number of aliphatic imine (C=N–C) groups is 1. The number of amides is 1. The van der Waals surface area contributed by atoms with Crippen LogP contribution in [0.2, 0.25) is 0 Å². The van der Waals surface area contributed by atoms with Crippen LogP contribution in [0.5, 0.6) is 0 Å². The highest BCUT2D eigenvalue weighted by Gasteiger charge is 2.30. The van der Waals surface area contributed by atoms with Crippen LogP contribution < -0.4 is 11.5 Å². The molecule has 0 spiro atoms. The predicted molar refractivity (Wildman–Crippen MR) is 84.0 cm³/mol. The molecular formula is C12H17N5OS2. The molecule has 0 saturated carbocycles. The molecule has 20 heavy (non-hydrogen) atoms. The second-order valence-corrected chi connectivity index (χ2v) is 6.33. The molecule has 1 unspecified atom stereocenters. The van der Waals surface area contributed by atoms with Crippen LogP contribution >= 0.6 is 23.1 Å². The van der Waals surface area contributed by atoms with E-state index in [0.717, 1.165) is 31.1 Å². The highest BCUT2D eigenvalue weighted by atomic mass is 32.2. The largest absolute Gasteiger partial charge is 0.370 e. The molecule has 1 aliphatic rings. The van der Waals surface area contributed by atoms with Crippen LogP contribution in [0.4, 0.5) is 0 Å². The number of nitrogens with one attached hydrogen (secondary N) is 1. The lowest BCUT2D eigenvalue weighted by molar-refractivity contribution is -0.129. The number of hydrogen-bond acceptors (Lipinski definition) is 4. The zero-order valence-corrected chi connectivity index (χ0v) is 12.5. The number of thiophene rings is 1. The summed E-state index contributed by atoms with van der Waals surface area (Å²) in [6.45, 7) is 0.775. The summed E-state index contributed by atoms with van der Waals surface area (Å²) in [6, 6.07) is 4.25. The number of thioether (sulfide) groups is 1. The number of carbonyl (C=O) groups is 1. The number of amidine groups is 1. The quantitative estimate of drug-likeness (QED) is 0.578. The molecule has 1 atom stereocenters. The lowest BCUT2D eigenvalue weighted by Gasteiger charge is -2.23. The first-order valence-electron chi connectivity index (χ1n) is 6.22. The minimum atomic E-state index is -0.160. The second-order valence-electron chi connectivity index (χ2n) is 4.39. The Balaban J connectivity index is 1.92. The molecule has 2 rings (SSSR count). The smallest absolute Gasteiger partial charge is 0.233 e. The number of likely N-dealkylation sites (tertiary alicyclic amines) is 1. The van der Waals surface area contributed by atoms with Crippen molar-refractivity contribution in [2.45, 2.75) is 18.9 Å². The maximum Gasteiger partial charge on any atom is 0.233 e. The molecule has 1 amide bonds. The van der Waals surface area contributed by atoms with Crippen LogP contribution in [0.15, 0.2) is 22.5 Å². The van der Waals surface area contributed by atoms with Gasteiger partial charge in [0.15, 0.2) is 11.1 Å². The van der Waals surface area contributed by atoms with Crippen molar-refractivity contribution in [1.82, 2.24) is 4.90 Å². The normalized spacial score (nSPS) is 18.0. The lowest BCUT2D eigenvalue weighted by Crippen LogP contribution is -2.32. The molecule has 1 fully saturated rings. The third kappa shape index (κ3) is 3.73. The Bertz CT molecular complexity index is 510. The topological polar surface area (TPSA) is 109 Å². The Morgan fingerprint density at radius 3 is 3.05 bits per heavy atom. The van der Waals surface area contributed by atoms with Crippen molar-refractivity contribution in [2.24, 2.45) is 16.5 Å². The van der Waals surface area contributed by atoms with E-state index >= 15 is 0 Å². The van der Waals surface area contributed by atoms with Crippen molar-refractivity contribution >= 4 is 40.1 Å². The first-order chi connectivity index (χ1) is 9.58. The van der Waals surface area contributed by atoms with E-state index in [0.29, 0.717) is 0 Å². The van der Waals surface area contributed by atoms with E-state index in [-0.39, 0.29) is 28.8 Å². The minimum Gasteiger partial charge on any atom is -0.370 e. The van der Waals surface area contributed by atoms with Crippen molar-refractivity contribution in [3.8, 4) is 0 Å². The molecule has 1 aromatic rings. The molecule has 1 aliphatic heterocycles. The summed E-state index contributed by atoms with van der Waals surface area (Å²) in [5.41, 5.74) is 10.4. The van der Waals surface area contributed by atoms with Crippen LogP contribution in [-0.2, 0) is 4.79 Å². The van der Waals surface area contributed by atoms with Crippen LogP contribution in [-0.4, -0.2) is 34.2 Å². The van der Waals surface area contributed by atoms with Gasteiger partial charge in [-0.05, 0) is 24.3 Å². The standard InChI is InChI=1S/C12H17N5OS2/c13-11(14)16-12(15)20-7-10(18)17-5-1-3-8(17)9-4-2-6-19-9/h2,4,6,8H,1,3,5,7H2,(H5,13,14,15,16). The number of hydrogen-bond donors (Lipinski definition) is 3. The van der Waals surface area contributed by atoms with E-state index in [1.807, 2.05) is 16.3 Å². The highest BCUT2D eigenvalue weighted by Crippen LogP contribution is 2.34. The fraction of sp³-hybridized carbons (Fsp3) is 0.417. The molecule has 108 valence electrons. The Labute approximate surface area is 125 Å². The van der Waals surface area contributed by atoms with E-state index in [1.54, 1.807) is 11.3 Å². The fourth-order valence-corrected chi connectivity index (χ4v) is 3.67. The average Bonchev–Trinajstić information content (AvgIpc) is 3.04. The third-order valence-corrected chi connectivity index (χ3v) is 4.74. The van der Waals surface area contributed by atoms with Gasteiger partial charge in [0.2, 0.25) is 5.91 Å². The Kier molecular flexibility index (Phi) is 5.02. The van der Waals surface area contributed by atoms with Crippen LogP contribution in [0.25, 0.3) is 0 Å². The van der Waals surface area contributed by atoms with Gasteiger partial charge in [-0.1, -0.05) is 17.8 Å². The number of nitrogens with two attached hydrogens (primary N) is 2. The lowest BCUT2D eigenvalue weighted by atomic mass is 10.2. The monoisotopic (exact) mass is 311 g/mol. The van der Waals surface area contributed by atoms with Gasteiger partial charge in [0.1, 0.15) is 0 Å². The van der Waals surface area contributed by atoms with Crippen LogP contribution in [0, 0.1) is 5.41 Å². The molecule has 1 aromatic heterocycles. The van der Waals surface area contributed by atoms with Gasteiger partial charge in [-0.15, -0.1) is 11.3 Å². The Hall–Kier alpha value is -1.54. The third-order valence-electron chi connectivity index (χ3n) is 3.01. The predicted octanol–water partition coefficient (Wildman–Crippen LogP) is 1.35. The minimum absolute atomic E-state index is 0.0291. The van der Waals surface area contributed by atoms with Crippen molar-refractivity contribution < 1.29 is 4.79 Å². The van der Waals surface area contributed by atoms with Crippen molar-refractivity contribution in [2.75, 3.05) is 12.3 Å². The summed E-state index contributed by atoms with van der Waals surface area (Å²) in [5, 5.41) is 9.51. The average molecular weight is 311 g/mol. The van der Waals surface area contributed by atoms with Gasteiger partial charge in [-0.3, -0.25) is 10.2 Å². The molecule has 2 heterocycles. The Morgan fingerprint density at radius 1 is 1.60 bits per heavy atom. The van der Waals surface area contributed by atoms with E-state index in [9.17, 15) is 4.79 Å². The van der Waals surface area contributed by atoms with Crippen LogP contribution in [0.3, 0.4) is 0 Å². The van der Waals surface area contributed by atoms with Gasteiger partial charge < -0.3 is 16.4 Å². The zero-order chi connectivity index (χ0) is 14.5. The molecular weight excluding hydrogens is 294 g/mol. The highest BCUT2D eigenvalue weighted by molar-refractivity contribution is 8.14. The molecule has 0 radical (unpaired) electrons. The first-order valence-corrected chi connectivity index (χ1v) is 8.08. The SMILES string of the molecule is N=C(N=C(N)N)SCC(=O)N1CCCC1c1cccs1. The molecule has 0 aliphatic carbocycles. The van der Waals surface area contributed by atoms with Crippen molar-refractivity contribution in [3.63, 3.8) is 0 Å². The molecule has 6 nitrogen and oxygen atoms in total. The number of guanidine groups is 1. The van der Waals surface area contributed by atoms with Crippen molar-refractivity contribution in [3.05, 3.63) is 22.4 Å². The number of rotatable bonds is 3.